The quantitative estimate of drug-likeness (QED) is 0.391. The van der Waals surface area contributed by atoms with Crippen molar-refractivity contribution < 1.29 is 8.78 Å². The van der Waals surface area contributed by atoms with E-state index in [1.54, 1.807) is 24.3 Å². The fourth-order valence-electron chi connectivity index (χ4n) is 4.12. The van der Waals surface area contributed by atoms with Gasteiger partial charge >= 0.3 is 0 Å². The highest BCUT2D eigenvalue weighted by molar-refractivity contribution is 8.00. The first-order valence-corrected chi connectivity index (χ1v) is 11.3. The third-order valence-corrected chi connectivity index (χ3v) is 8.12. The van der Waals surface area contributed by atoms with Gasteiger partial charge in [-0.3, -0.25) is 4.79 Å². The second-order valence-corrected chi connectivity index (χ2v) is 9.78. The van der Waals surface area contributed by atoms with Crippen LogP contribution in [0.2, 0.25) is 0 Å². The van der Waals surface area contributed by atoms with E-state index in [4.69, 9.17) is 0 Å². The predicted molar refractivity (Wildman–Crippen MR) is 122 cm³/mol. The minimum atomic E-state index is -0.559. The highest BCUT2D eigenvalue weighted by Gasteiger charge is 2.37. The van der Waals surface area contributed by atoms with Crippen LogP contribution < -0.4 is 5.43 Å². The molecule has 2 nitrogen and oxygen atoms in total. The molecule has 1 atom stereocenters. The van der Waals surface area contributed by atoms with Gasteiger partial charge in [0.15, 0.2) is 15.2 Å². The smallest absolute Gasteiger partial charge is 0.197 e. The van der Waals surface area contributed by atoms with Gasteiger partial charge in [-0.15, -0.1) is 0 Å². The van der Waals surface area contributed by atoms with Crippen molar-refractivity contribution in [3.63, 3.8) is 0 Å². The number of allylic oxidation sites excluding steroid dienone is 1. The average molecular weight is 433 g/mol. The lowest BCUT2D eigenvalue weighted by Gasteiger charge is -2.22. The third-order valence-electron chi connectivity index (χ3n) is 5.64. The molecule has 5 heteroatoms. The molecule has 31 heavy (non-hydrogen) atoms. The molecule has 0 amide bonds. The van der Waals surface area contributed by atoms with E-state index >= 15 is 0 Å². The molecular weight excluding hydrogens is 412 g/mol. The number of aromatic nitrogens is 1. The van der Waals surface area contributed by atoms with Crippen molar-refractivity contribution in [1.29, 1.82) is 0 Å². The Bertz CT molecular complexity index is 1310. The first-order chi connectivity index (χ1) is 15.0. The van der Waals surface area contributed by atoms with Crippen molar-refractivity contribution in [1.82, 2.24) is 4.98 Å². The molecule has 5 rings (SSSR count). The van der Waals surface area contributed by atoms with Gasteiger partial charge in [-0.2, -0.15) is 0 Å². The van der Waals surface area contributed by atoms with Crippen LogP contribution in [0.15, 0.2) is 92.3 Å². The van der Waals surface area contributed by atoms with Crippen molar-refractivity contribution in [2.45, 2.75) is 23.1 Å². The molecule has 1 unspecified atom stereocenters. The Balaban J connectivity index is 1.72. The zero-order valence-corrected chi connectivity index (χ0v) is 17.7. The summed E-state index contributed by atoms with van der Waals surface area (Å²) in [5.41, 5.74) is 2.46. The Morgan fingerprint density at radius 1 is 0.871 bits per heavy atom. The van der Waals surface area contributed by atoms with E-state index in [0.29, 0.717) is 17.4 Å². The largest absolute Gasteiger partial charge is 0.358 e. The van der Waals surface area contributed by atoms with E-state index < -0.39 is 10.9 Å². The first kappa shape index (κ1) is 19.8. The summed E-state index contributed by atoms with van der Waals surface area (Å²) in [4.78, 5) is 19.6. The van der Waals surface area contributed by atoms with Crippen LogP contribution in [0.5, 0.6) is 0 Å². The third kappa shape index (κ3) is 3.59. The Morgan fingerprint density at radius 3 is 2.06 bits per heavy atom. The zero-order valence-electron chi connectivity index (χ0n) is 16.9. The van der Waals surface area contributed by atoms with Gasteiger partial charge in [0.1, 0.15) is 16.5 Å². The SMILES string of the molecule is CC1Cc2[nH]c3ccccc3c(=O)c2C=C1[S+](c1ccc(F)cc1)c1ccc(F)cc1. The van der Waals surface area contributed by atoms with Crippen LogP contribution in [0.4, 0.5) is 8.78 Å². The number of benzene rings is 3. The van der Waals surface area contributed by atoms with E-state index in [1.165, 1.54) is 24.3 Å². The van der Waals surface area contributed by atoms with Crippen LogP contribution in [0, 0.1) is 17.6 Å². The molecule has 1 heterocycles. The normalized spacial score (nSPS) is 15.7. The maximum Gasteiger partial charge on any atom is 0.197 e. The van der Waals surface area contributed by atoms with Crippen LogP contribution in [0.1, 0.15) is 18.2 Å². The first-order valence-electron chi connectivity index (χ1n) is 10.1. The molecule has 1 aliphatic rings. The van der Waals surface area contributed by atoms with Gasteiger partial charge in [-0.1, -0.05) is 19.1 Å². The molecule has 0 aliphatic heterocycles. The Morgan fingerprint density at radius 2 is 1.45 bits per heavy atom. The summed E-state index contributed by atoms with van der Waals surface area (Å²) < 4.78 is 27.2. The topological polar surface area (TPSA) is 32.9 Å². The van der Waals surface area contributed by atoms with Crippen molar-refractivity contribution >= 4 is 27.9 Å². The van der Waals surface area contributed by atoms with E-state index in [0.717, 1.165) is 25.9 Å². The molecule has 1 aliphatic carbocycles. The molecule has 0 saturated carbocycles. The van der Waals surface area contributed by atoms with Crippen molar-refractivity contribution in [2.75, 3.05) is 0 Å². The summed E-state index contributed by atoms with van der Waals surface area (Å²) in [7, 11) is -0.559. The van der Waals surface area contributed by atoms with Crippen LogP contribution >= 0.6 is 0 Å². The molecule has 1 N–H and O–H groups in total. The molecule has 3 aromatic carbocycles. The molecule has 0 radical (unpaired) electrons. The number of hydrogen-bond acceptors (Lipinski definition) is 1. The maximum absolute atomic E-state index is 13.6. The van der Waals surface area contributed by atoms with Gasteiger partial charge in [0.25, 0.3) is 0 Å². The highest BCUT2D eigenvalue weighted by atomic mass is 32.2. The Labute approximate surface area is 181 Å². The van der Waals surface area contributed by atoms with Crippen LogP contribution in [-0.4, -0.2) is 4.98 Å². The second kappa shape index (κ2) is 7.82. The highest BCUT2D eigenvalue weighted by Crippen LogP contribution is 2.39. The van der Waals surface area contributed by atoms with Crippen LogP contribution in [-0.2, 0) is 17.3 Å². The molecule has 0 spiro atoms. The number of pyridine rings is 1. The van der Waals surface area contributed by atoms with Gasteiger partial charge in [0.05, 0.1) is 10.9 Å². The Hall–Kier alpha value is -3.18. The number of aromatic amines is 1. The summed E-state index contributed by atoms with van der Waals surface area (Å²) in [5.74, 6) is -0.446. The number of halogens is 2. The van der Waals surface area contributed by atoms with E-state index in [-0.39, 0.29) is 23.0 Å². The molecular formula is C26H20F2NOS+. The van der Waals surface area contributed by atoms with Gasteiger partial charge in [0, 0.05) is 34.2 Å². The molecule has 0 fully saturated rings. The number of hydrogen-bond donors (Lipinski definition) is 1. The summed E-state index contributed by atoms with van der Waals surface area (Å²) in [6.07, 6.45) is 2.69. The van der Waals surface area contributed by atoms with E-state index in [2.05, 4.69) is 11.9 Å². The molecule has 0 saturated heterocycles. The summed E-state index contributed by atoms with van der Waals surface area (Å²) in [5, 5.41) is 0.662. The molecule has 1 aromatic heterocycles. The fourth-order valence-corrected chi connectivity index (χ4v) is 6.47. The average Bonchev–Trinajstić information content (AvgIpc) is 2.77. The van der Waals surface area contributed by atoms with Gasteiger partial charge in [-0.25, -0.2) is 8.78 Å². The minimum Gasteiger partial charge on any atom is -0.358 e. The molecule has 0 bridgehead atoms. The van der Waals surface area contributed by atoms with Crippen molar-refractivity contribution in [3.05, 3.63) is 111 Å². The second-order valence-electron chi connectivity index (χ2n) is 7.76. The number of nitrogens with one attached hydrogen (secondary N) is 1. The van der Waals surface area contributed by atoms with Gasteiger partial charge in [0.2, 0.25) is 0 Å². The minimum absolute atomic E-state index is 0.00973. The molecule has 4 aromatic rings. The Kier molecular flexibility index (Phi) is 4.98. The lowest BCUT2D eigenvalue weighted by atomic mass is 9.93. The number of fused-ring (bicyclic) bond motifs is 2. The zero-order chi connectivity index (χ0) is 21.5. The number of rotatable bonds is 3. The van der Waals surface area contributed by atoms with Crippen molar-refractivity contribution in [3.8, 4) is 0 Å². The maximum atomic E-state index is 13.6. The monoisotopic (exact) mass is 432 g/mol. The summed E-state index contributed by atoms with van der Waals surface area (Å²) in [6, 6.07) is 20.4. The van der Waals surface area contributed by atoms with E-state index in [9.17, 15) is 13.6 Å². The predicted octanol–water partition coefficient (Wildman–Crippen LogP) is 6.08. The van der Waals surface area contributed by atoms with Crippen molar-refractivity contribution in [2.24, 2.45) is 5.92 Å². The van der Waals surface area contributed by atoms with E-state index in [1.807, 2.05) is 30.3 Å². The lowest BCUT2D eigenvalue weighted by Crippen LogP contribution is -2.23. The molecule has 154 valence electrons. The fraction of sp³-hybridized carbons (Fsp3) is 0.115. The summed E-state index contributed by atoms with van der Waals surface area (Å²) >= 11 is 0. The van der Waals surface area contributed by atoms with Crippen LogP contribution in [0.25, 0.3) is 17.0 Å². The number of H-pyrrole nitrogens is 1. The lowest BCUT2D eigenvalue weighted by molar-refractivity contribution is 0.626. The van der Waals surface area contributed by atoms with Gasteiger partial charge in [-0.05, 0) is 67.1 Å². The summed E-state index contributed by atoms with van der Waals surface area (Å²) in [6.45, 7) is 2.13. The standard InChI is InChI=1S/C26H19F2NOS/c1-16-14-24-22(26(30)21-4-2-3-5-23(21)29-24)15-25(16)31(19-10-6-17(27)7-11-19)20-12-8-18(28)9-13-20/h2-13,15-16H,14H2,1H3/p+1. The van der Waals surface area contributed by atoms with Gasteiger partial charge < -0.3 is 4.98 Å². The number of para-hydroxylation sites is 1. The van der Waals surface area contributed by atoms with Crippen LogP contribution in [0.3, 0.4) is 0 Å².